The Hall–Kier alpha value is -3.56. The minimum Gasteiger partial charge on any atom is -0.341 e. The highest BCUT2D eigenvalue weighted by atomic mass is 16.1. The minimum atomic E-state index is -0.214. The molecule has 0 radical (unpaired) electrons. The maximum absolute atomic E-state index is 12.5. The molecule has 0 unspecified atom stereocenters. The van der Waals surface area contributed by atoms with Gasteiger partial charge >= 0.3 is 0 Å². The maximum atomic E-state index is 12.5. The molecule has 4 aromatic heterocycles. The van der Waals surface area contributed by atoms with E-state index < -0.39 is 0 Å². The molecule has 1 fully saturated rings. The van der Waals surface area contributed by atoms with E-state index in [-0.39, 0.29) is 5.56 Å². The van der Waals surface area contributed by atoms with Crippen LogP contribution < -0.4 is 10.5 Å². The molecule has 4 aromatic rings. The molecular formula is C19H21N9O. The van der Waals surface area contributed by atoms with Gasteiger partial charge in [-0.2, -0.15) is 9.20 Å². The minimum absolute atomic E-state index is 0.214. The fourth-order valence-corrected chi connectivity index (χ4v) is 3.62. The summed E-state index contributed by atoms with van der Waals surface area (Å²) in [5.41, 5.74) is 2.66. The van der Waals surface area contributed by atoms with Gasteiger partial charge < -0.3 is 4.90 Å². The molecule has 1 N–H and O–H groups in total. The third-order valence-electron chi connectivity index (χ3n) is 5.42. The van der Waals surface area contributed by atoms with Gasteiger partial charge in [-0.25, -0.2) is 9.97 Å². The topological polar surface area (TPSA) is 110 Å². The molecule has 0 aliphatic carbocycles. The first-order valence-corrected chi connectivity index (χ1v) is 9.67. The Kier molecular flexibility index (Phi) is 4.11. The third-order valence-corrected chi connectivity index (χ3v) is 5.42. The number of aromatic nitrogens is 8. The number of rotatable bonds is 3. The van der Waals surface area contributed by atoms with Gasteiger partial charge in [-0.1, -0.05) is 6.92 Å². The normalized spacial score (nSPS) is 15.3. The van der Waals surface area contributed by atoms with Crippen molar-refractivity contribution in [3.8, 4) is 17.1 Å². The molecule has 0 bridgehead atoms. The van der Waals surface area contributed by atoms with Crippen LogP contribution in [0.3, 0.4) is 0 Å². The first-order valence-electron chi connectivity index (χ1n) is 9.67. The van der Waals surface area contributed by atoms with Gasteiger partial charge in [0, 0.05) is 30.9 Å². The van der Waals surface area contributed by atoms with E-state index in [1.54, 1.807) is 18.3 Å². The van der Waals surface area contributed by atoms with Crippen molar-refractivity contribution in [3.63, 3.8) is 0 Å². The fraction of sp³-hybridized carbons (Fsp3) is 0.368. The second-order valence-corrected chi connectivity index (χ2v) is 7.51. The molecule has 148 valence electrons. The lowest BCUT2D eigenvalue weighted by atomic mass is 10.00. The molecule has 1 saturated heterocycles. The van der Waals surface area contributed by atoms with Crippen LogP contribution in [-0.2, 0) is 0 Å². The van der Waals surface area contributed by atoms with Crippen LogP contribution in [0.15, 0.2) is 35.5 Å². The van der Waals surface area contributed by atoms with Gasteiger partial charge in [-0.05, 0) is 37.8 Å². The number of fused-ring (bicyclic) bond motifs is 1. The summed E-state index contributed by atoms with van der Waals surface area (Å²) in [5.74, 6) is 1.95. The Bertz CT molecular complexity index is 1230. The van der Waals surface area contributed by atoms with Gasteiger partial charge in [0.05, 0.1) is 11.4 Å². The van der Waals surface area contributed by atoms with Gasteiger partial charge in [-0.3, -0.25) is 9.89 Å². The summed E-state index contributed by atoms with van der Waals surface area (Å²) in [5, 5.41) is 15.2. The zero-order valence-electron chi connectivity index (χ0n) is 16.3. The first kappa shape index (κ1) is 17.5. The second kappa shape index (κ2) is 6.80. The molecular weight excluding hydrogens is 370 g/mol. The lowest BCUT2D eigenvalue weighted by Crippen LogP contribution is -2.34. The highest BCUT2D eigenvalue weighted by Gasteiger charge is 2.19. The van der Waals surface area contributed by atoms with Gasteiger partial charge in [0.1, 0.15) is 6.33 Å². The Balaban J connectivity index is 1.47. The monoisotopic (exact) mass is 391 g/mol. The summed E-state index contributed by atoms with van der Waals surface area (Å²) < 4.78 is 2.90. The zero-order valence-corrected chi connectivity index (χ0v) is 16.3. The molecule has 1 aliphatic heterocycles. The van der Waals surface area contributed by atoms with Gasteiger partial charge in [0.25, 0.3) is 5.56 Å². The van der Waals surface area contributed by atoms with Gasteiger partial charge in [-0.15, -0.1) is 15.3 Å². The molecule has 10 heteroatoms. The van der Waals surface area contributed by atoms with Crippen molar-refractivity contribution < 1.29 is 0 Å². The number of hydrogen-bond donors (Lipinski definition) is 1. The molecule has 5 rings (SSSR count). The van der Waals surface area contributed by atoms with Crippen molar-refractivity contribution in [1.82, 2.24) is 39.6 Å². The van der Waals surface area contributed by atoms with Crippen LogP contribution in [0.4, 0.5) is 5.95 Å². The van der Waals surface area contributed by atoms with Crippen molar-refractivity contribution in [3.05, 3.63) is 46.8 Å². The van der Waals surface area contributed by atoms with Crippen LogP contribution in [0, 0.1) is 12.8 Å². The fourth-order valence-electron chi connectivity index (χ4n) is 3.62. The average Bonchev–Trinajstić information content (AvgIpc) is 3.34. The SMILES string of the molecule is Cc1nc(N2CCC(C)CC2)ncc1-c1cc(=O)n(-c2ccc3nncn3n2)[nH]1. The largest absolute Gasteiger partial charge is 0.341 e. The van der Waals surface area contributed by atoms with E-state index in [4.69, 9.17) is 4.98 Å². The maximum Gasteiger partial charge on any atom is 0.273 e. The van der Waals surface area contributed by atoms with Crippen molar-refractivity contribution in [2.45, 2.75) is 26.7 Å². The highest BCUT2D eigenvalue weighted by molar-refractivity contribution is 5.61. The number of piperidine rings is 1. The molecule has 29 heavy (non-hydrogen) atoms. The number of hydrogen-bond acceptors (Lipinski definition) is 7. The predicted octanol–water partition coefficient (Wildman–Crippen LogP) is 1.61. The van der Waals surface area contributed by atoms with E-state index in [0.717, 1.165) is 49.1 Å². The van der Waals surface area contributed by atoms with E-state index in [1.807, 2.05) is 6.92 Å². The van der Waals surface area contributed by atoms with Crippen LogP contribution >= 0.6 is 0 Å². The molecule has 0 atom stereocenters. The second-order valence-electron chi connectivity index (χ2n) is 7.51. The smallest absolute Gasteiger partial charge is 0.273 e. The van der Waals surface area contributed by atoms with Crippen LogP contribution in [0.5, 0.6) is 0 Å². The number of aryl methyl sites for hydroxylation is 1. The number of nitrogens with zero attached hydrogens (tertiary/aromatic N) is 8. The summed E-state index contributed by atoms with van der Waals surface area (Å²) >= 11 is 0. The van der Waals surface area contributed by atoms with Gasteiger partial charge in [0.15, 0.2) is 11.5 Å². The van der Waals surface area contributed by atoms with E-state index in [0.29, 0.717) is 17.2 Å². The Morgan fingerprint density at radius 1 is 1.21 bits per heavy atom. The van der Waals surface area contributed by atoms with Crippen molar-refractivity contribution in [2.75, 3.05) is 18.0 Å². The molecule has 0 spiro atoms. The Labute approximate surface area is 166 Å². The first-order chi connectivity index (χ1) is 14.1. The summed E-state index contributed by atoms with van der Waals surface area (Å²) in [6, 6.07) is 5.01. The van der Waals surface area contributed by atoms with Crippen LogP contribution in [0.2, 0.25) is 0 Å². The molecule has 0 saturated carbocycles. The van der Waals surface area contributed by atoms with Gasteiger partial charge in [0.2, 0.25) is 5.95 Å². The molecule has 10 nitrogen and oxygen atoms in total. The van der Waals surface area contributed by atoms with Crippen molar-refractivity contribution >= 4 is 11.6 Å². The predicted molar refractivity (Wildman–Crippen MR) is 107 cm³/mol. The lowest BCUT2D eigenvalue weighted by molar-refractivity contribution is 0.434. The van der Waals surface area contributed by atoms with Crippen molar-refractivity contribution in [1.29, 1.82) is 0 Å². The summed E-state index contributed by atoms with van der Waals surface area (Å²) in [4.78, 5) is 24.0. The third kappa shape index (κ3) is 3.16. The Morgan fingerprint density at radius 2 is 2.03 bits per heavy atom. The van der Waals surface area contributed by atoms with Crippen LogP contribution in [0.1, 0.15) is 25.5 Å². The van der Waals surface area contributed by atoms with E-state index in [2.05, 4.69) is 37.2 Å². The summed E-state index contributed by atoms with van der Waals surface area (Å²) in [6.45, 7) is 6.17. The summed E-state index contributed by atoms with van der Waals surface area (Å²) in [6.07, 6.45) is 5.59. The number of aromatic amines is 1. The standard InChI is InChI=1S/C19H21N9O/c1-12-5-7-26(8-6-12)19-20-10-14(13(2)22-19)15-9-18(29)28(24-15)17-4-3-16-23-21-11-27(16)25-17/h3-4,9-12,24H,5-8H2,1-2H3. The zero-order chi connectivity index (χ0) is 20.0. The Morgan fingerprint density at radius 3 is 2.83 bits per heavy atom. The molecule has 0 amide bonds. The number of H-pyrrole nitrogens is 1. The van der Waals surface area contributed by atoms with Crippen LogP contribution in [0.25, 0.3) is 22.7 Å². The van der Waals surface area contributed by atoms with E-state index in [1.165, 1.54) is 21.6 Å². The average molecular weight is 391 g/mol. The lowest BCUT2D eigenvalue weighted by Gasteiger charge is -2.30. The molecule has 0 aromatic carbocycles. The number of anilines is 1. The highest BCUT2D eigenvalue weighted by Crippen LogP contribution is 2.24. The van der Waals surface area contributed by atoms with Crippen LogP contribution in [-0.4, -0.2) is 52.6 Å². The number of nitrogens with one attached hydrogen (secondary N) is 1. The quantitative estimate of drug-likeness (QED) is 0.565. The van der Waals surface area contributed by atoms with Crippen molar-refractivity contribution in [2.24, 2.45) is 5.92 Å². The molecule has 1 aliphatic rings. The van der Waals surface area contributed by atoms with E-state index >= 15 is 0 Å². The van der Waals surface area contributed by atoms with E-state index in [9.17, 15) is 4.79 Å². The summed E-state index contributed by atoms with van der Waals surface area (Å²) in [7, 11) is 0. The molecule has 5 heterocycles.